The van der Waals surface area contributed by atoms with Gasteiger partial charge < -0.3 is 25.6 Å². The van der Waals surface area contributed by atoms with Gasteiger partial charge in [-0.15, -0.1) is 0 Å². The van der Waals surface area contributed by atoms with Crippen molar-refractivity contribution >= 4 is 11.8 Å². The van der Waals surface area contributed by atoms with E-state index in [0.29, 0.717) is 11.4 Å². The van der Waals surface area contributed by atoms with Crippen molar-refractivity contribution in [3.05, 3.63) is 89.6 Å². The summed E-state index contributed by atoms with van der Waals surface area (Å²) in [7, 11) is 0. The van der Waals surface area contributed by atoms with Crippen LogP contribution >= 0.6 is 0 Å². The molecule has 0 saturated heterocycles. The Morgan fingerprint density at radius 1 is 1.11 bits per heavy atom. The maximum Gasteiger partial charge on any atom is 0.424 e. The molecule has 0 radical (unpaired) electrons. The number of amides is 2. The summed E-state index contributed by atoms with van der Waals surface area (Å²) in [4.78, 5) is 38.2. The zero-order valence-electron chi connectivity index (χ0n) is 24.3. The number of ether oxygens (including phenoxy) is 2. The molecule has 2 aromatic carbocycles. The van der Waals surface area contributed by atoms with Crippen LogP contribution in [-0.4, -0.2) is 57.3 Å². The quantitative estimate of drug-likeness (QED) is 0.231. The summed E-state index contributed by atoms with van der Waals surface area (Å²) >= 11 is 0. The Labute approximate surface area is 259 Å². The average molecular weight is 638 g/mol. The number of nitrogens with zero attached hydrogens (tertiary/aromatic N) is 3. The van der Waals surface area contributed by atoms with Gasteiger partial charge in [0.25, 0.3) is 5.91 Å². The Balaban J connectivity index is 1.37. The Hall–Kier alpha value is -5.11. The molecule has 1 saturated carbocycles. The number of nitrogens with two attached hydrogens (primary N) is 1. The molecule has 0 bridgehead atoms. The summed E-state index contributed by atoms with van der Waals surface area (Å²) in [6.07, 6.45) is -0.760. The van der Waals surface area contributed by atoms with Crippen LogP contribution in [0.2, 0.25) is 0 Å². The zero-order chi connectivity index (χ0) is 32.9. The van der Waals surface area contributed by atoms with E-state index in [4.69, 9.17) is 15.2 Å². The summed E-state index contributed by atoms with van der Waals surface area (Å²) < 4.78 is 69.5. The Bertz CT molecular complexity index is 1820. The highest BCUT2D eigenvalue weighted by Gasteiger charge is 2.57. The first-order chi connectivity index (χ1) is 21.8. The molecule has 1 unspecified atom stereocenters. The van der Waals surface area contributed by atoms with Gasteiger partial charge in [-0.25, -0.2) is 19.3 Å². The molecule has 14 heteroatoms. The second kappa shape index (κ2) is 11.4. The van der Waals surface area contributed by atoms with Crippen LogP contribution in [0, 0.1) is 5.82 Å². The first kappa shape index (κ1) is 30.9. The fraction of sp³-hybridized carbons (Fsp3) is 0.281. The van der Waals surface area contributed by atoms with E-state index in [9.17, 15) is 32.3 Å². The number of benzene rings is 2. The maximum absolute atomic E-state index is 14.7. The largest absolute Gasteiger partial charge is 0.490 e. The van der Waals surface area contributed by atoms with Crippen LogP contribution in [0.15, 0.2) is 67.0 Å². The molecule has 46 heavy (non-hydrogen) atoms. The van der Waals surface area contributed by atoms with Crippen LogP contribution in [0.5, 0.6) is 11.5 Å². The monoisotopic (exact) mass is 637 g/mol. The topological polar surface area (TPSA) is 150 Å². The highest BCUT2D eigenvalue weighted by molar-refractivity contribution is 5.95. The van der Waals surface area contributed by atoms with Crippen molar-refractivity contribution in [3.63, 3.8) is 0 Å². The standard InChI is InChI=1S/C32H27F4N5O5/c1-30(29(37)43)16-45-26-22(30)14-24(41-25(26)17-3-6-19(33)7-4-17)31(44,32(34,35)36)15-40-28(42)18-5-10-21(27-38-11-2-12-39-27)23(13-18)46-20-8-9-20/h2-7,10-14,20,44H,8-9,15-16H2,1H3,(H2,37,43)(H,40,42)/t30-,31?/m0/s1. The van der Waals surface area contributed by atoms with Gasteiger partial charge in [0.1, 0.15) is 35.0 Å². The number of hydrogen-bond acceptors (Lipinski definition) is 8. The Kier molecular flexibility index (Phi) is 7.63. The van der Waals surface area contributed by atoms with Gasteiger partial charge in [-0.2, -0.15) is 13.2 Å². The first-order valence-corrected chi connectivity index (χ1v) is 14.2. The number of rotatable bonds is 9. The van der Waals surface area contributed by atoms with Gasteiger partial charge in [-0.1, -0.05) is 0 Å². The summed E-state index contributed by atoms with van der Waals surface area (Å²) in [5.41, 5.74) is -0.228. The van der Waals surface area contributed by atoms with Crippen LogP contribution < -0.4 is 20.5 Å². The highest BCUT2D eigenvalue weighted by Crippen LogP contribution is 2.47. The molecule has 4 N–H and O–H groups in total. The van der Waals surface area contributed by atoms with Crippen molar-refractivity contribution < 1.29 is 41.7 Å². The number of fused-ring (bicyclic) bond motifs is 1. The molecule has 3 heterocycles. The number of halogens is 4. The van der Waals surface area contributed by atoms with Crippen molar-refractivity contribution in [3.8, 4) is 34.1 Å². The van der Waals surface area contributed by atoms with Crippen molar-refractivity contribution in [2.24, 2.45) is 5.73 Å². The molecule has 6 rings (SSSR count). The van der Waals surface area contributed by atoms with E-state index in [0.717, 1.165) is 31.0 Å². The van der Waals surface area contributed by atoms with Crippen LogP contribution in [0.25, 0.3) is 22.6 Å². The number of aromatic nitrogens is 3. The fourth-order valence-corrected chi connectivity index (χ4v) is 5.00. The predicted octanol–water partition coefficient (Wildman–Crippen LogP) is 4.20. The number of alkyl halides is 3. The summed E-state index contributed by atoms with van der Waals surface area (Å²) in [6.45, 7) is -0.257. The third kappa shape index (κ3) is 5.60. The summed E-state index contributed by atoms with van der Waals surface area (Å²) in [5, 5.41) is 13.5. The van der Waals surface area contributed by atoms with Gasteiger partial charge in [-0.05, 0) is 74.4 Å². The number of hydrogen-bond donors (Lipinski definition) is 3. The second-order valence-electron chi connectivity index (χ2n) is 11.4. The van der Waals surface area contributed by atoms with Crippen LogP contribution in [0.1, 0.15) is 41.4 Å². The first-order valence-electron chi connectivity index (χ1n) is 14.2. The van der Waals surface area contributed by atoms with Crippen LogP contribution in [0.3, 0.4) is 0 Å². The van der Waals surface area contributed by atoms with E-state index >= 15 is 0 Å². The number of primary amides is 1. The van der Waals surface area contributed by atoms with Crippen molar-refractivity contribution in [2.45, 2.75) is 43.1 Å². The van der Waals surface area contributed by atoms with E-state index in [-0.39, 0.29) is 46.6 Å². The van der Waals surface area contributed by atoms with Gasteiger partial charge in [0.2, 0.25) is 11.5 Å². The molecule has 2 aliphatic rings. The van der Waals surface area contributed by atoms with E-state index in [2.05, 4.69) is 20.3 Å². The number of carbonyl (C=O) groups is 2. The number of aliphatic hydroxyl groups is 1. The molecule has 1 fully saturated rings. The minimum Gasteiger partial charge on any atom is -0.490 e. The van der Waals surface area contributed by atoms with Crippen molar-refractivity contribution in [1.82, 2.24) is 20.3 Å². The Morgan fingerprint density at radius 3 is 2.43 bits per heavy atom. The lowest BCUT2D eigenvalue weighted by Gasteiger charge is -2.31. The van der Waals surface area contributed by atoms with E-state index in [1.807, 2.05) is 0 Å². The zero-order valence-corrected chi connectivity index (χ0v) is 24.3. The third-order valence-electron chi connectivity index (χ3n) is 8.00. The lowest BCUT2D eigenvalue weighted by Crippen LogP contribution is -2.51. The number of pyridine rings is 1. The van der Waals surface area contributed by atoms with E-state index < -0.39 is 47.1 Å². The smallest absolute Gasteiger partial charge is 0.424 e. The minimum atomic E-state index is -5.36. The maximum atomic E-state index is 14.7. The fourth-order valence-electron chi connectivity index (χ4n) is 5.00. The minimum absolute atomic E-state index is 0.0316. The molecule has 10 nitrogen and oxygen atoms in total. The molecule has 2 aromatic heterocycles. The van der Waals surface area contributed by atoms with Crippen molar-refractivity contribution in [2.75, 3.05) is 13.2 Å². The molecular weight excluding hydrogens is 610 g/mol. The molecule has 4 aromatic rings. The number of carbonyl (C=O) groups excluding carboxylic acids is 2. The van der Waals surface area contributed by atoms with Crippen molar-refractivity contribution in [1.29, 1.82) is 0 Å². The Morgan fingerprint density at radius 2 is 1.80 bits per heavy atom. The molecule has 238 valence electrons. The average Bonchev–Trinajstić information content (AvgIpc) is 3.79. The molecule has 1 aliphatic heterocycles. The van der Waals surface area contributed by atoms with E-state index in [1.165, 1.54) is 49.6 Å². The van der Waals surface area contributed by atoms with Gasteiger partial charge in [-0.3, -0.25) is 9.59 Å². The van der Waals surface area contributed by atoms with Crippen LogP contribution in [0.4, 0.5) is 17.6 Å². The lowest BCUT2D eigenvalue weighted by atomic mass is 9.81. The second-order valence-corrected chi connectivity index (χ2v) is 11.4. The molecule has 1 aliphatic carbocycles. The molecule has 2 atom stereocenters. The van der Waals surface area contributed by atoms with Gasteiger partial charge in [0.05, 0.1) is 23.9 Å². The molecule has 0 spiro atoms. The van der Waals surface area contributed by atoms with Gasteiger partial charge >= 0.3 is 6.18 Å². The lowest BCUT2D eigenvalue weighted by molar-refractivity contribution is -0.265. The highest BCUT2D eigenvalue weighted by atomic mass is 19.4. The normalized spacial score (nSPS) is 18.7. The summed E-state index contributed by atoms with van der Waals surface area (Å²) in [5.74, 6) is -1.84. The summed E-state index contributed by atoms with van der Waals surface area (Å²) in [6, 6.07) is 11.5. The SMILES string of the molecule is C[C@]1(C(N)=O)COc2c1cc(C(O)(CNC(=O)c1ccc(-c3ncccn3)c(OC3CC3)c1)C(F)(F)F)nc2-c1ccc(F)cc1. The van der Waals surface area contributed by atoms with Gasteiger partial charge in [0.15, 0.2) is 5.82 Å². The molecule has 2 amide bonds. The predicted molar refractivity (Wildman–Crippen MR) is 155 cm³/mol. The van der Waals surface area contributed by atoms with E-state index in [1.54, 1.807) is 6.07 Å². The van der Waals surface area contributed by atoms with Crippen LogP contribution in [-0.2, 0) is 15.8 Å². The van der Waals surface area contributed by atoms with Gasteiger partial charge in [0, 0.05) is 29.1 Å². The third-order valence-corrected chi connectivity index (χ3v) is 8.00. The molecular formula is C32H27F4N5O5. The number of nitrogens with one attached hydrogen (secondary N) is 1.